The van der Waals surface area contributed by atoms with E-state index in [0.29, 0.717) is 0 Å². The molecule has 5 heavy (non-hydrogen) atoms. The van der Waals surface area contributed by atoms with Gasteiger partial charge in [-0.1, -0.05) is 0 Å². The van der Waals surface area contributed by atoms with Gasteiger partial charge in [0.05, 0.1) is 0 Å². The first kappa shape index (κ1) is 5.03. The van der Waals surface area contributed by atoms with Crippen LogP contribution >= 0.6 is 0 Å². The summed E-state index contributed by atoms with van der Waals surface area (Å²) in [5, 5.41) is 0. The molecule has 0 aromatic heterocycles. The van der Waals surface area contributed by atoms with Crippen molar-refractivity contribution in [3.8, 4) is 0 Å². The number of nitrogens with zero attached hydrogens (tertiary/aromatic N) is 1. The molecule has 3 heteroatoms. The van der Waals surface area contributed by atoms with Crippen LogP contribution in [0.2, 0.25) is 0 Å². The van der Waals surface area contributed by atoms with Crippen LogP contribution in [0.25, 0.3) is 5.73 Å². The Bertz CT molecular complexity index is 49.6. The molecule has 0 aromatic carbocycles. The molecule has 0 aliphatic rings. The second-order valence-corrected chi connectivity index (χ2v) is 1.14. The van der Waals surface area contributed by atoms with Crippen molar-refractivity contribution in [3.05, 3.63) is 5.73 Å². The third-order valence-electron chi connectivity index (χ3n) is 0.135. The maximum absolute atomic E-state index is 6.29. The zero-order valence-corrected chi connectivity index (χ0v) is 5.44. The molecule has 2 nitrogen and oxygen atoms in total. The summed E-state index contributed by atoms with van der Waals surface area (Å²) in [5.74, 6) is 0. The van der Waals surface area contributed by atoms with Gasteiger partial charge in [-0.05, 0) is 0 Å². The van der Waals surface area contributed by atoms with E-state index in [2.05, 4.69) is 4.99 Å². The first-order valence-electron chi connectivity index (χ1n) is 1.04. The number of hydrogen-bond acceptors (Lipinski definition) is 1. The number of rotatable bonds is 1. The van der Waals surface area contributed by atoms with E-state index in [4.69, 9.17) is 5.73 Å². The molecule has 0 bridgehead atoms. The van der Waals surface area contributed by atoms with E-state index in [1.165, 1.54) is 19.4 Å². The maximum atomic E-state index is 6.29. The Hall–Kier alpha value is 0.0283. The molecule has 0 fully saturated rings. The predicted molar refractivity (Wildman–Crippen MR) is 18.9 cm³/mol. The van der Waals surface area contributed by atoms with Crippen molar-refractivity contribution in [2.75, 3.05) is 0 Å². The van der Waals surface area contributed by atoms with Gasteiger partial charge in [-0.3, -0.25) is 0 Å². The minimum atomic E-state index is 1.02. The summed E-state index contributed by atoms with van der Waals surface area (Å²) >= 11 is 1.28. The average Bonchev–Trinajstić information content (AvgIpc) is 1.41. The fourth-order valence-corrected chi connectivity index (χ4v) is 0.249. The summed E-state index contributed by atoms with van der Waals surface area (Å²) in [6, 6.07) is 0. The molecule has 0 aliphatic heterocycles. The second kappa shape index (κ2) is 4.03. The Morgan fingerprint density at radius 1 is 1.80 bits per heavy atom. The fraction of sp³-hybridized carbons (Fsp3) is 0. The molecule has 0 heterocycles. The molecule has 0 aromatic rings. The van der Waals surface area contributed by atoms with Crippen molar-refractivity contribution in [3.63, 3.8) is 0 Å². The van der Waals surface area contributed by atoms with Gasteiger partial charge in [0.15, 0.2) is 0 Å². The van der Waals surface area contributed by atoms with Gasteiger partial charge < -0.3 is 0 Å². The van der Waals surface area contributed by atoms with E-state index < -0.39 is 0 Å². The second-order valence-electron chi connectivity index (χ2n) is 0.384. The summed E-state index contributed by atoms with van der Waals surface area (Å²) in [7, 11) is 0. The van der Waals surface area contributed by atoms with Gasteiger partial charge in [0.1, 0.15) is 0 Å². The molecular weight excluding hydrogens is 236 g/mol. The van der Waals surface area contributed by atoms with E-state index in [1.54, 1.807) is 4.52 Å². The Balaban J connectivity index is 2.92. The average molecular weight is 239 g/mol. The summed E-state index contributed by atoms with van der Waals surface area (Å²) in [6.45, 7) is 0. The molecule has 0 radical (unpaired) electrons. The molecule has 0 saturated heterocycles. The van der Waals surface area contributed by atoms with Gasteiger partial charge >= 0.3 is 40.9 Å². The monoisotopic (exact) mass is 239 g/mol. The summed E-state index contributed by atoms with van der Waals surface area (Å²) in [6.07, 6.45) is 1.02. The van der Waals surface area contributed by atoms with Crippen LogP contribution in [0.4, 0.5) is 0 Å². The molecular formula is C2H3N2W-. The summed E-state index contributed by atoms with van der Waals surface area (Å²) in [4.78, 5) is 3.43. The molecule has 0 saturated carbocycles. The molecule has 0 unspecified atom stereocenters. The van der Waals surface area contributed by atoms with Crippen molar-refractivity contribution in [1.29, 1.82) is 0 Å². The summed E-state index contributed by atoms with van der Waals surface area (Å²) in [5.41, 5.74) is 6.29. The Morgan fingerprint density at radius 2 is 2.40 bits per heavy atom. The van der Waals surface area contributed by atoms with E-state index >= 15 is 0 Å². The van der Waals surface area contributed by atoms with Crippen molar-refractivity contribution in [1.82, 2.24) is 0 Å². The van der Waals surface area contributed by atoms with Gasteiger partial charge in [-0.25, -0.2) is 0 Å². The van der Waals surface area contributed by atoms with E-state index in [9.17, 15) is 0 Å². The van der Waals surface area contributed by atoms with Gasteiger partial charge in [0, 0.05) is 0 Å². The van der Waals surface area contributed by atoms with Crippen molar-refractivity contribution >= 4 is 10.9 Å². The van der Waals surface area contributed by atoms with Crippen molar-refractivity contribution in [2.45, 2.75) is 0 Å². The Kier molecular flexibility index (Phi) is 4.05. The van der Waals surface area contributed by atoms with Crippen LogP contribution in [0.3, 0.4) is 0 Å². The predicted octanol–water partition coefficient (Wildman–Crippen LogP) is 0.373. The van der Waals surface area contributed by atoms with Crippen molar-refractivity contribution < 1.29 is 19.4 Å². The Morgan fingerprint density at radius 3 is 2.40 bits per heavy atom. The quantitative estimate of drug-likeness (QED) is 0.468. The number of nitrogens with one attached hydrogen (secondary N) is 1. The third kappa shape index (κ3) is 4.03. The third-order valence-corrected chi connectivity index (χ3v) is 0.573. The van der Waals surface area contributed by atoms with Gasteiger partial charge in [0.25, 0.3) is 0 Å². The van der Waals surface area contributed by atoms with Crippen LogP contribution in [0.5, 0.6) is 0 Å². The number of hydrogen-bond donors (Lipinski definition) is 0. The standard InChI is InChI=1S/C2H3N2.W/c1-4-2-3;/h1-3H;/q-1;. The molecule has 0 spiro atoms. The zero-order chi connectivity index (χ0) is 4.12. The van der Waals surface area contributed by atoms with Gasteiger partial charge in [-0.15, -0.1) is 0 Å². The molecule has 1 N–H and O–H groups in total. The Labute approximate surface area is 41.5 Å². The van der Waals surface area contributed by atoms with Gasteiger partial charge in [-0.2, -0.15) is 0 Å². The zero-order valence-electron chi connectivity index (χ0n) is 2.51. The molecule has 0 atom stereocenters. The van der Waals surface area contributed by atoms with Crippen molar-refractivity contribution in [2.24, 2.45) is 4.99 Å². The van der Waals surface area contributed by atoms with E-state index in [-0.39, 0.29) is 0 Å². The van der Waals surface area contributed by atoms with Crippen LogP contribution in [0, 0.1) is 0 Å². The van der Waals surface area contributed by atoms with E-state index in [1.807, 2.05) is 0 Å². The van der Waals surface area contributed by atoms with Crippen LogP contribution in [0.15, 0.2) is 4.99 Å². The topological polar surface area (TPSA) is 36.2 Å². The van der Waals surface area contributed by atoms with Gasteiger partial charge in [0.2, 0.25) is 0 Å². The van der Waals surface area contributed by atoms with Crippen LogP contribution in [-0.4, -0.2) is 10.9 Å². The van der Waals surface area contributed by atoms with Crippen LogP contribution in [0.1, 0.15) is 0 Å². The SMILES string of the molecule is [NH-]C=N[CH]=[W]. The van der Waals surface area contributed by atoms with Crippen LogP contribution < -0.4 is 0 Å². The van der Waals surface area contributed by atoms with Crippen LogP contribution in [-0.2, 0) is 19.4 Å². The first-order chi connectivity index (χ1) is 2.41. The molecule has 0 aliphatic carbocycles. The summed E-state index contributed by atoms with van der Waals surface area (Å²) < 4.78 is 1.65. The molecule has 0 amide bonds. The normalized spacial score (nSPS) is 8.80. The molecule has 0 rings (SSSR count). The minimum absolute atomic E-state index is 1.02. The number of aliphatic imine (C=N–C) groups is 1. The fourth-order valence-electron chi connectivity index (χ4n) is 0.0304. The van der Waals surface area contributed by atoms with E-state index in [0.717, 1.165) is 6.34 Å². The molecule has 28 valence electrons. The first-order valence-corrected chi connectivity index (χ1v) is 2.73.